The summed E-state index contributed by atoms with van der Waals surface area (Å²) in [5, 5.41) is 28.1. The van der Waals surface area contributed by atoms with Gasteiger partial charge in [-0.15, -0.1) is 19.0 Å². The third-order valence-corrected chi connectivity index (χ3v) is 2.17. The van der Waals surface area contributed by atoms with Crippen LogP contribution in [0.5, 0.6) is 17.2 Å². The maximum atomic E-state index is 9.52. The minimum absolute atomic E-state index is 0. The van der Waals surface area contributed by atoms with Gasteiger partial charge in [0.25, 0.3) is 0 Å². The Labute approximate surface area is 100 Å². The number of nitrogens with two attached hydrogens (primary N) is 1. The van der Waals surface area contributed by atoms with Gasteiger partial charge in [-0.25, -0.2) is 0 Å². The molecule has 0 bridgehead atoms. The zero-order valence-electron chi connectivity index (χ0n) is 8.76. The number of phenolic OH excluding ortho intramolecular Hbond substituents is 3. The summed E-state index contributed by atoms with van der Waals surface area (Å²) in [6, 6.07) is 1.84. The van der Waals surface area contributed by atoms with E-state index in [1.54, 1.807) is 6.08 Å². The Hall–Kier alpha value is -1.39. The van der Waals surface area contributed by atoms with Crippen LogP contribution in [0.3, 0.4) is 0 Å². The molecule has 4 nitrogen and oxygen atoms in total. The molecule has 0 amide bonds. The first-order chi connectivity index (χ1) is 7.06. The number of rotatable bonds is 4. The van der Waals surface area contributed by atoms with Crippen molar-refractivity contribution in [1.82, 2.24) is 0 Å². The standard InChI is InChI=1S/C11H15NO3.ClH/c1-2-3-4-8(12)11-9(14)5-7(13)6-10(11)15;/h2,5-6,8,13-15H,1,3-4,12H2;1H/t8-;/m1./s1. The highest BCUT2D eigenvalue weighted by atomic mass is 35.5. The van der Waals surface area contributed by atoms with E-state index in [1.807, 2.05) is 0 Å². The molecule has 0 unspecified atom stereocenters. The highest BCUT2D eigenvalue weighted by Gasteiger charge is 2.16. The number of hydrogen-bond acceptors (Lipinski definition) is 4. The van der Waals surface area contributed by atoms with Gasteiger partial charge in [-0.1, -0.05) is 6.08 Å². The lowest BCUT2D eigenvalue weighted by Gasteiger charge is -2.14. The van der Waals surface area contributed by atoms with E-state index in [0.29, 0.717) is 12.8 Å². The molecular weight excluding hydrogens is 230 g/mol. The summed E-state index contributed by atoms with van der Waals surface area (Å²) in [6.07, 6.45) is 2.99. The molecule has 1 rings (SSSR count). The Morgan fingerprint density at radius 3 is 2.19 bits per heavy atom. The van der Waals surface area contributed by atoms with E-state index >= 15 is 0 Å². The van der Waals surface area contributed by atoms with Gasteiger partial charge < -0.3 is 21.1 Å². The quantitative estimate of drug-likeness (QED) is 0.613. The molecule has 0 fully saturated rings. The van der Waals surface area contributed by atoms with Crippen LogP contribution in [0, 0.1) is 0 Å². The predicted molar refractivity (Wildman–Crippen MR) is 65.0 cm³/mol. The molecule has 90 valence electrons. The molecule has 16 heavy (non-hydrogen) atoms. The maximum absolute atomic E-state index is 9.52. The van der Waals surface area contributed by atoms with Gasteiger partial charge in [0.15, 0.2) is 0 Å². The Kier molecular flexibility index (Phi) is 5.71. The molecule has 5 heteroatoms. The van der Waals surface area contributed by atoms with Crippen LogP contribution < -0.4 is 5.73 Å². The Morgan fingerprint density at radius 1 is 1.25 bits per heavy atom. The second-order valence-electron chi connectivity index (χ2n) is 3.37. The topological polar surface area (TPSA) is 86.7 Å². The van der Waals surface area contributed by atoms with Gasteiger partial charge >= 0.3 is 0 Å². The first kappa shape index (κ1) is 14.6. The average molecular weight is 246 g/mol. The van der Waals surface area contributed by atoms with Crippen molar-refractivity contribution >= 4 is 12.4 Å². The number of phenols is 3. The molecular formula is C11H16ClNO3. The van der Waals surface area contributed by atoms with Crippen LogP contribution >= 0.6 is 12.4 Å². The molecule has 0 aliphatic carbocycles. The van der Waals surface area contributed by atoms with Gasteiger partial charge in [0.2, 0.25) is 0 Å². The number of hydrogen-bond donors (Lipinski definition) is 4. The van der Waals surface area contributed by atoms with Crippen molar-refractivity contribution in [3.8, 4) is 17.2 Å². The van der Waals surface area contributed by atoms with Gasteiger partial charge in [0.05, 0.1) is 5.56 Å². The first-order valence-corrected chi connectivity index (χ1v) is 4.67. The van der Waals surface area contributed by atoms with E-state index in [4.69, 9.17) is 10.8 Å². The van der Waals surface area contributed by atoms with Gasteiger partial charge in [-0.3, -0.25) is 0 Å². The van der Waals surface area contributed by atoms with Crippen molar-refractivity contribution < 1.29 is 15.3 Å². The molecule has 0 saturated heterocycles. The summed E-state index contributed by atoms with van der Waals surface area (Å²) < 4.78 is 0. The molecule has 0 radical (unpaired) electrons. The first-order valence-electron chi connectivity index (χ1n) is 4.67. The summed E-state index contributed by atoms with van der Waals surface area (Å²) >= 11 is 0. The highest BCUT2D eigenvalue weighted by molar-refractivity contribution is 5.85. The monoisotopic (exact) mass is 245 g/mol. The van der Waals surface area contributed by atoms with E-state index in [-0.39, 0.29) is 35.2 Å². The summed E-state index contributed by atoms with van der Waals surface area (Å²) in [6.45, 7) is 3.56. The zero-order chi connectivity index (χ0) is 11.4. The van der Waals surface area contributed by atoms with Gasteiger partial charge in [-0.2, -0.15) is 0 Å². The van der Waals surface area contributed by atoms with E-state index in [2.05, 4.69) is 6.58 Å². The largest absolute Gasteiger partial charge is 0.508 e. The van der Waals surface area contributed by atoms with Crippen LogP contribution in [0.15, 0.2) is 24.8 Å². The Morgan fingerprint density at radius 2 is 1.75 bits per heavy atom. The fourth-order valence-corrected chi connectivity index (χ4v) is 1.43. The maximum Gasteiger partial charge on any atom is 0.127 e. The van der Waals surface area contributed by atoms with E-state index in [9.17, 15) is 10.2 Å². The van der Waals surface area contributed by atoms with Crippen molar-refractivity contribution in [3.05, 3.63) is 30.4 Å². The van der Waals surface area contributed by atoms with Crippen LogP contribution in [-0.4, -0.2) is 15.3 Å². The van der Waals surface area contributed by atoms with Gasteiger partial charge in [0, 0.05) is 18.2 Å². The summed E-state index contributed by atoms with van der Waals surface area (Å²) in [4.78, 5) is 0. The van der Waals surface area contributed by atoms with Crippen LogP contribution in [-0.2, 0) is 0 Å². The molecule has 0 aliphatic rings. The predicted octanol–water partition coefficient (Wildman–Crippen LogP) is 2.19. The van der Waals surface area contributed by atoms with Crippen molar-refractivity contribution in [3.63, 3.8) is 0 Å². The second kappa shape index (κ2) is 6.25. The minimum Gasteiger partial charge on any atom is -0.508 e. The third kappa shape index (κ3) is 3.32. The van der Waals surface area contributed by atoms with Gasteiger partial charge in [0.1, 0.15) is 17.2 Å². The van der Waals surface area contributed by atoms with Crippen LogP contribution in [0.4, 0.5) is 0 Å². The number of allylic oxidation sites excluding steroid dienone is 1. The zero-order valence-corrected chi connectivity index (χ0v) is 9.57. The highest BCUT2D eigenvalue weighted by Crippen LogP contribution is 2.36. The van der Waals surface area contributed by atoms with Gasteiger partial charge in [-0.05, 0) is 12.8 Å². The molecule has 0 aromatic heterocycles. The fraction of sp³-hybridized carbons (Fsp3) is 0.273. The lowest BCUT2D eigenvalue weighted by Crippen LogP contribution is -2.10. The number of aromatic hydroxyl groups is 3. The van der Waals surface area contributed by atoms with E-state index < -0.39 is 6.04 Å². The number of benzene rings is 1. The van der Waals surface area contributed by atoms with Crippen LogP contribution in [0.2, 0.25) is 0 Å². The average Bonchev–Trinajstić information content (AvgIpc) is 2.12. The molecule has 1 aromatic rings. The Balaban J connectivity index is 0.00000225. The van der Waals surface area contributed by atoms with E-state index in [0.717, 1.165) is 12.1 Å². The Bertz CT molecular complexity index is 345. The second-order valence-corrected chi connectivity index (χ2v) is 3.37. The van der Waals surface area contributed by atoms with Crippen LogP contribution in [0.25, 0.3) is 0 Å². The molecule has 0 spiro atoms. The smallest absolute Gasteiger partial charge is 0.127 e. The fourth-order valence-electron chi connectivity index (χ4n) is 1.43. The van der Waals surface area contributed by atoms with E-state index in [1.165, 1.54) is 0 Å². The summed E-state index contributed by atoms with van der Waals surface area (Å²) in [5.41, 5.74) is 6.04. The number of halogens is 1. The molecule has 5 N–H and O–H groups in total. The lowest BCUT2D eigenvalue weighted by atomic mass is 10.0. The molecule has 1 aromatic carbocycles. The summed E-state index contributed by atoms with van der Waals surface area (Å²) in [5.74, 6) is -0.571. The van der Waals surface area contributed by atoms with Crippen LogP contribution in [0.1, 0.15) is 24.4 Å². The third-order valence-electron chi connectivity index (χ3n) is 2.17. The molecule has 1 atom stereocenters. The normalized spacial score (nSPS) is 11.6. The molecule has 0 heterocycles. The van der Waals surface area contributed by atoms with Crippen molar-refractivity contribution in [2.24, 2.45) is 5.73 Å². The van der Waals surface area contributed by atoms with Crippen molar-refractivity contribution in [2.75, 3.05) is 0 Å². The minimum atomic E-state index is -0.469. The van der Waals surface area contributed by atoms with Crippen molar-refractivity contribution in [2.45, 2.75) is 18.9 Å². The van der Waals surface area contributed by atoms with Crippen molar-refractivity contribution in [1.29, 1.82) is 0 Å². The summed E-state index contributed by atoms with van der Waals surface area (Å²) in [7, 11) is 0. The lowest BCUT2D eigenvalue weighted by molar-refractivity contribution is 0.409. The molecule has 0 aliphatic heterocycles. The SMILES string of the molecule is C=CCC[C@@H](N)c1c(O)cc(O)cc1O.Cl. The molecule has 0 saturated carbocycles.